The second-order valence-electron chi connectivity index (χ2n) is 5.68. The Hall–Kier alpha value is -3.75. The number of hydrogen-bond acceptors (Lipinski definition) is 6. The van der Waals surface area contributed by atoms with E-state index in [1.807, 2.05) is 0 Å². The van der Waals surface area contributed by atoms with E-state index in [-0.39, 0.29) is 30.5 Å². The molecule has 0 aliphatic carbocycles. The van der Waals surface area contributed by atoms with Crippen LogP contribution in [0.15, 0.2) is 64.2 Å². The zero-order valence-corrected chi connectivity index (χ0v) is 14.0. The fraction of sp³-hybridized carbons (Fsp3) is 0.111. The summed E-state index contributed by atoms with van der Waals surface area (Å²) in [6.07, 6.45) is 2.80. The molecule has 0 bridgehead atoms. The first-order chi connectivity index (χ1) is 13.2. The summed E-state index contributed by atoms with van der Waals surface area (Å²) >= 11 is 0. The minimum atomic E-state index is -0.317. The number of halogens is 1. The molecule has 3 aromatic heterocycles. The lowest BCUT2D eigenvalue weighted by Crippen LogP contribution is -2.09. The molecular formula is C18H14FN5O3. The van der Waals surface area contributed by atoms with Gasteiger partial charge < -0.3 is 9.26 Å². The molecule has 4 aromatic rings. The first-order valence-corrected chi connectivity index (χ1v) is 8.08. The largest absolute Gasteiger partial charge is 0.458 e. The first kappa shape index (κ1) is 16.7. The third kappa shape index (κ3) is 3.76. The van der Waals surface area contributed by atoms with Crippen molar-refractivity contribution in [3.8, 4) is 17.4 Å². The van der Waals surface area contributed by atoms with Crippen LogP contribution in [0.2, 0.25) is 0 Å². The van der Waals surface area contributed by atoms with E-state index in [0.717, 1.165) is 0 Å². The molecule has 1 aromatic carbocycles. The van der Waals surface area contributed by atoms with Crippen LogP contribution in [0.4, 0.5) is 4.39 Å². The fourth-order valence-electron chi connectivity index (χ4n) is 2.57. The monoisotopic (exact) mass is 367 g/mol. The molecule has 4 rings (SSSR count). The Kier molecular flexibility index (Phi) is 4.48. The number of aromatic nitrogens is 5. The van der Waals surface area contributed by atoms with Crippen molar-refractivity contribution in [1.29, 1.82) is 0 Å². The van der Waals surface area contributed by atoms with Crippen LogP contribution in [0, 0.1) is 5.82 Å². The first-order valence-electron chi connectivity index (χ1n) is 8.08. The van der Waals surface area contributed by atoms with Gasteiger partial charge in [-0.3, -0.25) is 14.5 Å². The summed E-state index contributed by atoms with van der Waals surface area (Å²) in [5.41, 5.74) is 1.97. The molecule has 136 valence electrons. The van der Waals surface area contributed by atoms with Crippen molar-refractivity contribution >= 4 is 0 Å². The predicted molar refractivity (Wildman–Crippen MR) is 92.4 cm³/mol. The highest BCUT2D eigenvalue weighted by Gasteiger charge is 2.15. The third-order valence-corrected chi connectivity index (χ3v) is 3.81. The van der Waals surface area contributed by atoms with E-state index in [1.165, 1.54) is 24.6 Å². The van der Waals surface area contributed by atoms with Crippen LogP contribution in [-0.2, 0) is 13.2 Å². The van der Waals surface area contributed by atoms with Crippen LogP contribution < -0.4 is 10.3 Å². The van der Waals surface area contributed by atoms with Crippen LogP contribution in [0.5, 0.6) is 6.01 Å². The Balaban J connectivity index is 1.62. The van der Waals surface area contributed by atoms with Gasteiger partial charge in [0.15, 0.2) is 0 Å². The van der Waals surface area contributed by atoms with Gasteiger partial charge in [-0.05, 0) is 12.1 Å². The number of aromatic amines is 1. The maximum Gasteiger partial charge on any atom is 0.296 e. The molecule has 0 aliphatic heterocycles. The molecule has 0 saturated carbocycles. The van der Waals surface area contributed by atoms with Crippen molar-refractivity contribution in [2.24, 2.45) is 0 Å². The van der Waals surface area contributed by atoms with Gasteiger partial charge in [0.25, 0.3) is 11.6 Å². The second kappa shape index (κ2) is 7.24. The van der Waals surface area contributed by atoms with Crippen molar-refractivity contribution in [2.75, 3.05) is 0 Å². The topological polar surface area (TPSA) is 98.8 Å². The Bertz CT molecular complexity index is 1100. The smallest absolute Gasteiger partial charge is 0.296 e. The van der Waals surface area contributed by atoms with Crippen molar-refractivity contribution < 1.29 is 13.7 Å². The van der Waals surface area contributed by atoms with Crippen LogP contribution >= 0.6 is 0 Å². The molecule has 0 radical (unpaired) electrons. The third-order valence-electron chi connectivity index (χ3n) is 3.81. The zero-order valence-electron chi connectivity index (χ0n) is 14.0. The standard InChI is InChI=1S/C18H14FN5O3/c19-14-4-2-1-3-12(14)10-24-16(15-6-8-27-23-15)9-13(22-24)11-26-18-20-7-5-17(25)21-18/h1-9H,10-11H2,(H,20,21,25). The van der Waals surface area contributed by atoms with E-state index in [1.54, 1.807) is 35.0 Å². The van der Waals surface area contributed by atoms with Crippen LogP contribution in [0.3, 0.4) is 0 Å². The normalized spacial score (nSPS) is 10.9. The molecule has 9 heteroatoms. The van der Waals surface area contributed by atoms with Crippen LogP contribution in [-0.4, -0.2) is 24.9 Å². The minimum Gasteiger partial charge on any atom is -0.458 e. The van der Waals surface area contributed by atoms with Crippen LogP contribution in [0.25, 0.3) is 11.4 Å². The van der Waals surface area contributed by atoms with E-state index in [9.17, 15) is 9.18 Å². The van der Waals surface area contributed by atoms with Gasteiger partial charge in [0.2, 0.25) is 0 Å². The molecule has 0 spiro atoms. The average Bonchev–Trinajstić information content (AvgIpc) is 3.32. The van der Waals surface area contributed by atoms with Crippen molar-refractivity contribution in [1.82, 2.24) is 24.9 Å². The molecule has 0 aliphatic rings. The highest BCUT2D eigenvalue weighted by atomic mass is 19.1. The number of H-pyrrole nitrogens is 1. The summed E-state index contributed by atoms with van der Waals surface area (Å²) in [5, 5.41) is 8.39. The Morgan fingerprint density at radius 3 is 2.89 bits per heavy atom. The summed E-state index contributed by atoms with van der Waals surface area (Å²) in [5.74, 6) is -0.317. The van der Waals surface area contributed by atoms with Gasteiger partial charge in [0, 0.05) is 23.9 Å². The summed E-state index contributed by atoms with van der Waals surface area (Å²) in [6.45, 7) is 0.289. The number of benzene rings is 1. The molecular weight excluding hydrogens is 353 g/mol. The summed E-state index contributed by atoms with van der Waals surface area (Å²) in [7, 11) is 0. The maximum atomic E-state index is 14.0. The summed E-state index contributed by atoms with van der Waals surface area (Å²) in [4.78, 5) is 17.7. The molecule has 3 heterocycles. The van der Waals surface area contributed by atoms with E-state index >= 15 is 0 Å². The van der Waals surface area contributed by atoms with Gasteiger partial charge in [0.1, 0.15) is 30.1 Å². The lowest BCUT2D eigenvalue weighted by Gasteiger charge is -2.06. The number of rotatable bonds is 6. The maximum absolute atomic E-state index is 14.0. The number of nitrogens with one attached hydrogen (secondary N) is 1. The van der Waals surface area contributed by atoms with Gasteiger partial charge >= 0.3 is 0 Å². The molecule has 0 fully saturated rings. The van der Waals surface area contributed by atoms with E-state index in [2.05, 4.69) is 20.2 Å². The van der Waals surface area contributed by atoms with Gasteiger partial charge in [-0.2, -0.15) is 5.10 Å². The predicted octanol–water partition coefficient (Wildman–Crippen LogP) is 2.39. The lowest BCUT2D eigenvalue weighted by molar-refractivity contribution is 0.274. The Morgan fingerprint density at radius 2 is 2.11 bits per heavy atom. The van der Waals surface area contributed by atoms with Gasteiger partial charge in [-0.25, -0.2) is 9.37 Å². The molecule has 1 N–H and O–H groups in total. The van der Waals surface area contributed by atoms with Crippen LogP contribution in [0.1, 0.15) is 11.3 Å². The molecule has 0 saturated heterocycles. The molecule has 0 amide bonds. The van der Waals surface area contributed by atoms with E-state index in [0.29, 0.717) is 22.6 Å². The van der Waals surface area contributed by atoms with Crippen molar-refractivity contribution in [3.05, 3.63) is 82.4 Å². The number of nitrogens with zero attached hydrogens (tertiary/aromatic N) is 4. The van der Waals surface area contributed by atoms with E-state index < -0.39 is 0 Å². The zero-order chi connectivity index (χ0) is 18.6. The van der Waals surface area contributed by atoms with Crippen molar-refractivity contribution in [2.45, 2.75) is 13.2 Å². The second-order valence-corrected chi connectivity index (χ2v) is 5.68. The summed E-state index contributed by atoms with van der Waals surface area (Å²) < 4.78 is 26.0. The summed E-state index contributed by atoms with van der Waals surface area (Å²) in [6, 6.07) is 11.3. The highest BCUT2D eigenvalue weighted by molar-refractivity contribution is 5.54. The van der Waals surface area contributed by atoms with Crippen molar-refractivity contribution in [3.63, 3.8) is 0 Å². The average molecular weight is 367 g/mol. The van der Waals surface area contributed by atoms with Gasteiger partial charge in [-0.15, -0.1) is 0 Å². The van der Waals surface area contributed by atoms with Gasteiger partial charge in [0.05, 0.1) is 12.2 Å². The van der Waals surface area contributed by atoms with E-state index in [4.69, 9.17) is 9.26 Å². The molecule has 0 unspecified atom stereocenters. The number of hydrogen-bond donors (Lipinski definition) is 1. The lowest BCUT2D eigenvalue weighted by atomic mass is 10.2. The molecule has 0 atom stereocenters. The molecule has 27 heavy (non-hydrogen) atoms. The highest BCUT2D eigenvalue weighted by Crippen LogP contribution is 2.21. The van der Waals surface area contributed by atoms with Gasteiger partial charge in [-0.1, -0.05) is 23.4 Å². The minimum absolute atomic E-state index is 0.0715. The quantitative estimate of drug-likeness (QED) is 0.562. The Morgan fingerprint density at radius 1 is 1.22 bits per heavy atom. The number of ether oxygens (including phenoxy) is 1. The Labute approximate surface area is 152 Å². The molecule has 8 nitrogen and oxygen atoms in total. The SMILES string of the molecule is O=c1ccnc(OCc2cc(-c3ccon3)n(Cc3ccccc3F)n2)[nH]1. The fourth-order valence-corrected chi connectivity index (χ4v) is 2.57.